The van der Waals surface area contributed by atoms with E-state index in [0.29, 0.717) is 25.3 Å². The van der Waals surface area contributed by atoms with Crippen LogP contribution in [-0.4, -0.2) is 31.2 Å². The first-order valence-electron chi connectivity index (χ1n) is 9.10. The molecule has 140 valence electrons. The fourth-order valence-electron chi connectivity index (χ4n) is 3.47. The van der Waals surface area contributed by atoms with E-state index in [2.05, 4.69) is 17.9 Å². The van der Waals surface area contributed by atoms with Crippen molar-refractivity contribution in [2.45, 2.75) is 26.5 Å². The standard InChI is InChI=1S/C22H23NO4/c1-14-8-18-16(10-22(24)27-21(18)9-15(14)2)11-23(3)12-17-13-25-19-6-4-5-7-20(19)26-17/h4-10,17H,11-13H2,1-3H3. The van der Waals surface area contributed by atoms with Crippen molar-refractivity contribution in [1.29, 1.82) is 0 Å². The molecule has 1 aliphatic heterocycles. The number of nitrogens with zero attached hydrogens (tertiary/aromatic N) is 1. The van der Waals surface area contributed by atoms with Crippen LogP contribution < -0.4 is 15.1 Å². The molecular weight excluding hydrogens is 342 g/mol. The van der Waals surface area contributed by atoms with Crippen LogP contribution in [0.25, 0.3) is 11.0 Å². The molecule has 1 aliphatic rings. The fourth-order valence-corrected chi connectivity index (χ4v) is 3.47. The van der Waals surface area contributed by atoms with Crippen LogP contribution in [0.15, 0.2) is 51.7 Å². The lowest BCUT2D eigenvalue weighted by Gasteiger charge is -2.29. The summed E-state index contributed by atoms with van der Waals surface area (Å²) in [5, 5.41) is 0.982. The fraction of sp³-hybridized carbons (Fsp3) is 0.318. The lowest BCUT2D eigenvalue weighted by Crippen LogP contribution is -2.39. The number of rotatable bonds is 4. The first-order chi connectivity index (χ1) is 13.0. The van der Waals surface area contributed by atoms with E-state index in [1.165, 1.54) is 5.56 Å². The third-order valence-electron chi connectivity index (χ3n) is 4.97. The van der Waals surface area contributed by atoms with Crippen molar-refractivity contribution in [3.05, 3.63) is 69.6 Å². The van der Waals surface area contributed by atoms with Crippen LogP contribution >= 0.6 is 0 Å². The van der Waals surface area contributed by atoms with E-state index < -0.39 is 0 Å². The van der Waals surface area contributed by atoms with Crippen LogP contribution in [0.2, 0.25) is 0 Å². The maximum Gasteiger partial charge on any atom is 0.336 e. The number of hydrogen-bond acceptors (Lipinski definition) is 5. The minimum atomic E-state index is -0.319. The summed E-state index contributed by atoms with van der Waals surface area (Å²) in [5.41, 5.74) is 3.58. The van der Waals surface area contributed by atoms with Crippen LogP contribution in [0, 0.1) is 13.8 Å². The van der Waals surface area contributed by atoms with Crippen LogP contribution in [0.3, 0.4) is 0 Å². The number of aryl methyl sites for hydroxylation is 2. The predicted molar refractivity (Wildman–Crippen MR) is 105 cm³/mol. The van der Waals surface area contributed by atoms with Crippen molar-refractivity contribution < 1.29 is 13.9 Å². The highest BCUT2D eigenvalue weighted by Crippen LogP contribution is 2.31. The van der Waals surface area contributed by atoms with E-state index in [0.717, 1.165) is 28.0 Å². The van der Waals surface area contributed by atoms with E-state index in [9.17, 15) is 4.79 Å². The van der Waals surface area contributed by atoms with Gasteiger partial charge in [-0.15, -0.1) is 0 Å². The summed E-state index contributed by atoms with van der Waals surface area (Å²) in [7, 11) is 2.02. The van der Waals surface area contributed by atoms with Gasteiger partial charge in [-0.25, -0.2) is 4.79 Å². The minimum absolute atomic E-state index is 0.0553. The summed E-state index contributed by atoms with van der Waals surface area (Å²) in [5.74, 6) is 1.56. The number of ether oxygens (including phenoxy) is 2. The summed E-state index contributed by atoms with van der Waals surface area (Å²) < 4.78 is 17.2. The van der Waals surface area contributed by atoms with Gasteiger partial charge in [0.25, 0.3) is 0 Å². The summed E-state index contributed by atoms with van der Waals surface area (Å²) in [6.07, 6.45) is -0.0553. The zero-order chi connectivity index (χ0) is 19.0. The van der Waals surface area contributed by atoms with E-state index in [-0.39, 0.29) is 11.7 Å². The number of benzene rings is 2. The molecule has 0 saturated carbocycles. The lowest BCUT2D eigenvalue weighted by molar-refractivity contribution is 0.0639. The maximum atomic E-state index is 12.0. The molecule has 0 amide bonds. The molecule has 2 aromatic carbocycles. The second-order valence-electron chi connectivity index (χ2n) is 7.22. The molecule has 5 nitrogen and oxygen atoms in total. The zero-order valence-electron chi connectivity index (χ0n) is 15.8. The second-order valence-corrected chi connectivity index (χ2v) is 7.22. The molecule has 5 heteroatoms. The van der Waals surface area contributed by atoms with Crippen molar-refractivity contribution >= 4 is 11.0 Å². The highest BCUT2D eigenvalue weighted by Gasteiger charge is 2.22. The Morgan fingerprint density at radius 3 is 2.63 bits per heavy atom. The van der Waals surface area contributed by atoms with E-state index in [4.69, 9.17) is 13.9 Å². The lowest BCUT2D eigenvalue weighted by atomic mass is 10.0. The topological polar surface area (TPSA) is 51.9 Å². The molecule has 1 atom stereocenters. The van der Waals surface area contributed by atoms with Crippen molar-refractivity contribution in [3.63, 3.8) is 0 Å². The van der Waals surface area contributed by atoms with E-state index in [1.807, 2.05) is 44.3 Å². The Balaban J connectivity index is 1.52. The predicted octanol–water partition coefficient (Wildman–Crippen LogP) is 3.68. The summed E-state index contributed by atoms with van der Waals surface area (Å²) in [6, 6.07) is 13.3. The van der Waals surface area contributed by atoms with Gasteiger partial charge in [0.05, 0.1) is 0 Å². The molecule has 0 fully saturated rings. The minimum Gasteiger partial charge on any atom is -0.486 e. The molecule has 3 aromatic rings. The molecule has 0 aliphatic carbocycles. The maximum absolute atomic E-state index is 12.0. The Morgan fingerprint density at radius 1 is 1.07 bits per heavy atom. The zero-order valence-corrected chi connectivity index (χ0v) is 15.8. The van der Waals surface area contributed by atoms with Gasteiger partial charge in [-0.1, -0.05) is 12.1 Å². The van der Waals surface area contributed by atoms with Crippen molar-refractivity contribution in [2.75, 3.05) is 20.2 Å². The quantitative estimate of drug-likeness (QED) is 0.660. The van der Waals surface area contributed by atoms with E-state index >= 15 is 0 Å². The molecular formula is C22H23NO4. The molecule has 27 heavy (non-hydrogen) atoms. The van der Waals surface area contributed by atoms with Gasteiger partial charge >= 0.3 is 5.63 Å². The average molecular weight is 365 g/mol. The van der Waals surface area contributed by atoms with Gasteiger partial charge in [0, 0.05) is 24.5 Å². The van der Waals surface area contributed by atoms with Gasteiger partial charge in [0.2, 0.25) is 0 Å². The second kappa shape index (κ2) is 7.08. The van der Waals surface area contributed by atoms with Gasteiger partial charge in [-0.2, -0.15) is 0 Å². The van der Waals surface area contributed by atoms with Gasteiger partial charge < -0.3 is 13.9 Å². The molecule has 0 N–H and O–H groups in total. The Bertz CT molecular complexity index is 1040. The molecule has 4 rings (SSSR count). The molecule has 0 radical (unpaired) electrons. The number of likely N-dealkylation sites (N-methyl/N-ethyl adjacent to an activating group) is 1. The number of hydrogen-bond donors (Lipinski definition) is 0. The van der Waals surface area contributed by atoms with Crippen molar-refractivity contribution in [3.8, 4) is 11.5 Å². The smallest absolute Gasteiger partial charge is 0.336 e. The van der Waals surface area contributed by atoms with Crippen molar-refractivity contribution in [2.24, 2.45) is 0 Å². The van der Waals surface area contributed by atoms with Crippen LogP contribution in [0.5, 0.6) is 11.5 Å². The first kappa shape index (κ1) is 17.6. The SMILES string of the molecule is Cc1cc2oc(=O)cc(CN(C)CC3COc4ccccc4O3)c2cc1C. The Kier molecular flexibility index (Phi) is 4.62. The Labute approximate surface area is 158 Å². The summed E-state index contributed by atoms with van der Waals surface area (Å²) >= 11 is 0. The molecule has 2 heterocycles. The highest BCUT2D eigenvalue weighted by atomic mass is 16.6. The van der Waals surface area contributed by atoms with Crippen LogP contribution in [0.4, 0.5) is 0 Å². The van der Waals surface area contributed by atoms with E-state index in [1.54, 1.807) is 6.07 Å². The third kappa shape index (κ3) is 3.69. The Morgan fingerprint density at radius 2 is 1.81 bits per heavy atom. The first-order valence-corrected chi connectivity index (χ1v) is 9.10. The van der Waals surface area contributed by atoms with Crippen LogP contribution in [0.1, 0.15) is 16.7 Å². The number of para-hydroxylation sites is 2. The van der Waals surface area contributed by atoms with Crippen LogP contribution in [-0.2, 0) is 6.54 Å². The molecule has 0 bridgehead atoms. The van der Waals surface area contributed by atoms with Crippen molar-refractivity contribution in [1.82, 2.24) is 4.90 Å². The molecule has 1 unspecified atom stereocenters. The molecule has 0 saturated heterocycles. The monoisotopic (exact) mass is 365 g/mol. The van der Waals surface area contributed by atoms with Gasteiger partial charge in [-0.05, 0) is 61.9 Å². The summed E-state index contributed by atoms with van der Waals surface area (Å²) in [4.78, 5) is 14.1. The number of fused-ring (bicyclic) bond motifs is 2. The molecule has 0 spiro atoms. The highest BCUT2D eigenvalue weighted by molar-refractivity contribution is 5.81. The van der Waals surface area contributed by atoms with Gasteiger partial charge in [0.1, 0.15) is 18.3 Å². The largest absolute Gasteiger partial charge is 0.486 e. The Hall–Kier alpha value is -2.79. The normalized spacial score (nSPS) is 16.1. The third-order valence-corrected chi connectivity index (χ3v) is 4.97. The molecule has 1 aromatic heterocycles. The van der Waals surface area contributed by atoms with Gasteiger partial charge in [0.15, 0.2) is 11.5 Å². The average Bonchev–Trinajstić information content (AvgIpc) is 2.63. The van der Waals surface area contributed by atoms with Gasteiger partial charge in [-0.3, -0.25) is 4.90 Å². The summed E-state index contributed by atoms with van der Waals surface area (Å²) in [6.45, 7) is 5.92.